The van der Waals surface area contributed by atoms with Crippen molar-refractivity contribution >= 4 is 12.4 Å². The Kier molecular flexibility index (Phi) is 4.99. The van der Waals surface area contributed by atoms with Gasteiger partial charge in [0.1, 0.15) is 0 Å². The van der Waals surface area contributed by atoms with Crippen LogP contribution in [0.15, 0.2) is 0 Å². The minimum Gasteiger partial charge on any atom is -0.391 e. The highest BCUT2D eigenvalue weighted by Crippen LogP contribution is 2.00. The first kappa shape index (κ1) is 10.2. The van der Waals surface area contributed by atoms with Crippen LogP contribution in [-0.4, -0.2) is 37.0 Å². The van der Waals surface area contributed by atoms with Gasteiger partial charge in [0.25, 0.3) is 0 Å². The molecule has 1 fully saturated rings. The summed E-state index contributed by atoms with van der Waals surface area (Å²) in [5.74, 6) is 0. The molecular weight excluding hydrogens is 154 g/mol. The van der Waals surface area contributed by atoms with Gasteiger partial charge in [0.05, 0.1) is 18.8 Å². The van der Waals surface area contributed by atoms with Gasteiger partial charge in [0.15, 0.2) is 0 Å². The maximum Gasteiger partial charge on any atom is 0.0955 e. The van der Waals surface area contributed by atoms with Crippen molar-refractivity contribution in [2.24, 2.45) is 0 Å². The Morgan fingerprint density at radius 2 is 2.40 bits per heavy atom. The van der Waals surface area contributed by atoms with Crippen LogP contribution in [-0.2, 0) is 4.74 Å². The van der Waals surface area contributed by atoms with Crippen LogP contribution >= 0.6 is 12.4 Å². The number of hydrogen-bond acceptors (Lipinski definition) is 3. The van der Waals surface area contributed by atoms with Gasteiger partial charge in [-0.15, -0.1) is 12.4 Å². The Morgan fingerprint density at radius 1 is 1.70 bits per heavy atom. The monoisotopic (exact) mass is 167 g/mol. The molecule has 2 atom stereocenters. The zero-order chi connectivity index (χ0) is 6.69. The predicted octanol–water partition coefficient (Wildman–Crippen LogP) is -0.223. The van der Waals surface area contributed by atoms with Crippen molar-refractivity contribution in [1.82, 2.24) is 5.32 Å². The third-order valence-electron chi connectivity index (χ3n) is 1.49. The molecule has 0 aromatic carbocycles. The Balaban J connectivity index is 0.000000810. The molecule has 0 aromatic rings. The summed E-state index contributed by atoms with van der Waals surface area (Å²) in [6.45, 7) is 4.15. The minimum absolute atomic E-state index is 0. The van der Waals surface area contributed by atoms with Crippen molar-refractivity contribution in [1.29, 1.82) is 0 Å². The fraction of sp³-hybridized carbons (Fsp3) is 1.00. The number of halogens is 1. The van der Waals surface area contributed by atoms with E-state index in [1.807, 2.05) is 0 Å². The number of morpholine rings is 1. The third kappa shape index (κ3) is 2.84. The zero-order valence-corrected chi connectivity index (χ0v) is 6.86. The van der Waals surface area contributed by atoms with E-state index in [0.29, 0.717) is 0 Å². The second-order valence-corrected chi connectivity index (χ2v) is 2.35. The lowest BCUT2D eigenvalue weighted by Gasteiger charge is -2.25. The van der Waals surface area contributed by atoms with Crippen LogP contribution in [0.25, 0.3) is 0 Å². The van der Waals surface area contributed by atoms with E-state index in [1.54, 1.807) is 6.92 Å². The van der Waals surface area contributed by atoms with E-state index in [-0.39, 0.29) is 24.6 Å². The van der Waals surface area contributed by atoms with Crippen LogP contribution in [0.1, 0.15) is 6.92 Å². The van der Waals surface area contributed by atoms with Gasteiger partial charge < -0.3 is 15.2 Å². The maximum absolute atomic E-state index is 9.01. The van der Waals surface area contributed by atoms with E-state index >= 15 is 0 Å². The average molecular weight is 168 g/mol. The van der Waals surface area contributed by atoms with E-state index in [2.05, 4.69) is 5.32 Å². The smallest absolute Gasteiger partial charge is 0.0955 e. The van der Waals surface area contributed by atoms with Crippen LogP contribution in [0.2, 0.25) is 0 Å². The van der Waals surface area contributed by atoms with Gasteiger partial charge in [0.2, 0.25) is 0 Å². The molecule has 0 amide bonds. The van der Waals surface area contributed by atoms with Crippen molar-refractivity contribution in [3.8, 4) is 0 Å². The minimum atomic E-state index is -0.349. The second kappa shape index (κ2) is 4.91. The van der Waals surface area contributed by atoms with Gasteiger partial charge in [-0.1, -0.05) is 0 Å². The van der Waals surface area contributed by atoms with Crippen LogP contribution in [0, 0.1) is 0 Å². The lowest BCUT2D eigenvalue weighted by atomic mass is 10.2. The number of ether oxygens (including phenoxy) is 1. The van der Waals surface area contributed by atoms with E-state index in [0.717, 1.165) is 19.7 Å². The quantitative estimate of drug-likeness (QED) is 0.568. The summed E-state index contributed by atoms with van der Waals surface area (Å²) in [7, 11) is 0. The fourth-order valence-electron chi connectivity index (χ4n) is 0.896. The summed E-state index contributed by atoms with van der Waals surface area (Å²) in [4.78, 5) is 0. The average Bonchev–Trinajstić information content (AvgIpc) is 1.90. The largest absolute Gasteiger partial charge is 0.391 e. The van der Waals surface area contributed by atoms with E-state index in [4.69, 9.17) is 9.84 Å². The Morgan fingerprint density at radius 3 is 2.70 bits per heavy atom. The molecule has 2 N–H and O–H groups in total. The number of rotatable bonds is 1. The van der Waals surface area contributed by atoms with E-state index in [9.17, 15) is 0 Å². The third-order valence-corrected chi connectivity index (χ3v) is 1.49. The fourth-order valence-corrected chi connectivity index (χ4v) is 0.896. The standard InChI is InChI=1S/C6H13NO2.ClH/c1-5(8)6-4-7-2-3-9-6;/h5-8H,2-4H2,1H3;1H/t5-,6?;/m0./s1. The van der Waals surface area contributed by atoms with Crippen LogP contribution in [0.5, 0.6) is 0 Å². The SMILES string of the molecule is C[C@H](O)C1CNCCO1.Cl. The van der Waals surface area contributed by atoms with Gasteiger partial charge in [-0.05, 0) is 6.92 Å². The number of nitrogens with one attached hydrogen (secondary N) is 1. The van der Waals surface area contributed by atoms with E-state index in [1.165, 1.54) is 0 Å². The normalized spacial score (nSPS) is 28.8. The van der Waals surface area contributed by atoms with Crippen molar-refractivity contribution < 1.29 is 9.84 Å². The van der Waals surface area contributed by atoms with Gasteiger partial charge >= 0.3 is 0 Å². The first-order valence-electron chi connectivity index (χ1n) is 3.31. The molecule has 3 nitrogen and oxygen atoms in total. The molecule has 1 saturated heterocycles. The highest BCUT2D eigenvalue weighted by atomic mass is 35.5. The summed E-state index contributed by atoms with van der Waals surface area (Å²) in [5, 5.41) is 12.1. The summed E-state index contributed by atoms with van der Waals surface area (Å²) < 4.78 is 5.23. The molecule has 4 heteroatoms. The molecule has 10 heavy (non-hydrogen) atoms. The summed E-state index contributed by atoms with van der Waals surface area (Å²) >= 11 is 0. The van der Waals surface area contributed by atoms with Gasteiger partial charge in [-0.3, -0.25) is 0 Å². The lowest BCUT2D eigenvalue weighted by molar-refractivity contribution is -0.0445. The number of aliphatic hydroxyl groups is 1. The van der Waals surface area contributed by atoms with Crippen LogP contribution in [0.4, 0.5) is 0 Å². The Bertz CT molecular complexity index is 83.8. The number of hydrogen-bond donors (Lipinski definition) is 2. The molecule has 1 unspecified atom stereocenters. The zero-order valence-electron chi connectivity index (χ0n) is 6.04. The number of aliphatic hydroxyl groups excluding tert-OH is 1. The van der Waals surface area contributed by atoms with Crippen molar-refractivity contribution in [2.75, 3.05) is 19.7 Å². The highest BCUT2D eigenvalue weighted by molar-refractivity contribution is 5.85. The molecule has 0 saturated carbocycles. The van der Waals surface area contributed by atoms with Gasteiger partial charge in [0, 0.05) is 13.1 Å². The molecular formula is C6H14ClNO2. The summed E-state index contributed by atoms with van der Waals surface area (Å²) in [6, 6.07) is 0. The second-order valence-electron chi connectivity index (χ2n) is 2.35. The molecule has 1 aliphatic rings. The Labute approximate surface area is 67.2 Å². The lowest BCUT2D eigenvalue weighted by Crippen LogP contribution is -2.43. The molecule has 1 aliphatic heterocycles. The molecule has 0 aliphatic carbocycles. The summed E-state index contributed by atoms with van der Waals surface area (Å²) in [5.41, 5.74) is 0. The van der Waals surface area contributed by atoms with Crippen molar-refractivity contribution in [2.45, 2.75) is 19.1 Å². The maximum atomic E-state index is 9.01. The topological polar surface area (TPSA) is 41.5 Å². The van der Waals surface area contributed by atoms with Gasteiger partial charge in [-0.2, -0.15) is 0 Å². The Hall–Kier alpha value is 0.170. The highest BCUT2D eigenvalue weighted by Gasteiger charge is 2.17. The first-order valence-corrected chi connectivity index (χ1v) is 3.31. The molecule has 0 aromatic heterocycles. The van der Waals surface area contributed by atoms with Crippen molar-refractivity contribution in [3.63, 3.8) is 0 Å². The van der Waals surface area contributed by atoms with Crippen LogP contribution in [0.3, 0.4) is 0 Å². The van der Waals surface area contributed by atoms with Crippen molar-refractivity contribution in [3.05, 3.63) is 0 Å². The molecule has 1 rings (SSSR count). The van der Waals surface area contributed by atoms with Gasteiger partial charge in [-0.25, -0.2) is 0 Å². The molecule has 62 valence electrons. The molecule has 1 heterocycles. The molecule has 0 radical (unpaired) electrons. The first-order chi connectivity index (χ1) is 4.30. The summed E-state index contributed by atoms with van der Waals surface area (Å²) in [6.07, 6.45) is -0.350. The molecule has 0 spiro atoms. The molecule has 0 bridgehead atoms. The predicted molar refractivity (Wildman–Crippen MR) is 41.5 cm³/mol. The van der Waals surface area contributed by atoms with E-state index < -0.39 is 0 Å². The van der Waals surface area contributed by atoms with Crippen LogP contribution < -0.4 is 5.32 Å².